The molecule has 182 valence electrons. The van der Waals surface area contributed by atoms with E-state index in [2.05, 4.69) is 35.5 Å². The van der Waals surface area contributed by atoms with Crippen molar-refractivity contribution in [2.75, 3.05) is 0 Å². The van der Waals surface area contributed by atoms with Crippen LogP contribution in [0.2, 0.25) is 5.02 Å². The van der Waals surface area contributed by atoms with Crippen molar-refractivity contribution >= 4 is 39.7 Å². The van der Waals surface area contributed by atoms with E-state index in [1.165, 1.54) is 0 Å². The largest absolute Gasteiger partial charge is 0.445 e. The van der Waals surface area contributed by atoms with E-state index < -0.39 is 0 Å². The fourth-order valence-corrected chi connectivity index (χ4v) is 5.77. The number of hydrogen-bond donors (Lipinski definition) is 1. The summed E-state index contributed by atoms with van der Waals surface area (Å²) in [6.45, 7) is 1.93. The van der Waals surface area contributed by atoms with Gasteiger partial charge in [0, 0.05) is 20.4 Å². The van der Waals surface area contributed by atoms with Crippen LogP contribution in [0.15, 0.2) is 123 Å². The van der Waals surface area contributed by atoms with E-state index in [9.17, 15) is 0 Å². The summed E-state index contributed by atoms with van der Waals surface area (Å²) in [7, 11) is 0. The Hall–Kier alpha value is -4.00. The van der Waals surface area contributed by atoms with Crippen molar-refractivity contribution in [1.29, 1.82) is 0 Å². The zero-order valence-electron chi connectivity index (χ0n) is 19.9. The summed E-state index contributed by atoms with van der Waals surface area (Å²) in [4.78, 5) is 6.76. The number of hydrogen-bond acceptors (Lipinski definition) is 6. The van der Waals surface area contributed by atoms with Gasteiger partial charge in [0.05, 0.1) is 11.5 Å². The van der Waals surface area contributed by atoms with E-state index in [1.807, 2.05) is 73.7 Å². The molecule has 5 aromatic rings. The van der Waals surface area contributed by atoms with Gasteiger partial charge >= 0.3 is 0 Å². The predicted molar refractivity (Wildman–Crippen MR) is 149 cm³/mol. The lowest BCUT2D eigenvalue weighted by Crippen LogP contribution is -2.19. The molecule has 6 rings (SSSR count). The van der Waals surface area contributed by atoms with Crippen molar-refractivity contribution in [3.8, 4) is 11.4 Å². The monoisotopic (exact) mass is 523 g/mol. The van der Waals surface area contributed by atoms with Crippen LogP contribution < -0.4 is 5.73 Å². The zero-order valence-corrected chi connectivity index (χ0v) is 21.5. The third-order valence-electron chi connectivity index (χ3n) is 6.29. The Kier molecular flexibility index (Phi) is 6.20. The minimum absolute atomic E-state index is 0.249. The molecule has 2 N–H and O–H groups in total. The molecule has 1 atom stereocenters. The zero-order chi connectivity index (χ0) is 25.4. The molecule has 4 aromatic carbocycles. The van der Waals surface area contributed by atoms with Crippen LogP contribution in [0.25, 0.3) is 27.7 Å². The van der Waals surface area contributed by atoms with E-state index in [4.69, 9.17) is 31.6 Å². The Bertz CT molecular complexity index is 1650. The fraction of sp³-hybridized carbons (Fsp3) is 0.0667. The van der Waals surface area contributed by atoms with Crippen LogP contribution in [0.3, 0.4) is 0 Å². The van der Waals surface area contributed by atoms with E-state index in [0.717, 1.165) is 37.5 Å². The van der Waals surface area contributed by atoms with E-state index >= 15 is 0 Å². The van der Waals surface area contributed by atoms with Crippen molar-refractivity contribution in [1.82, 2.24) is 10.1 Å². The van der Waals surface area contributed by atoms with Crippen LogP contribution in [0.4, 0.5) is 0 Å². The van der Waals surface area contributed by atoms with Gasteiger partial charge in [-0.05, 0) is 47.5 Å². The number of benzene rings is 4. The first kappa shape index (κ1) is 23.4. The van der Waals surface area contributed by atoms with Gasteiger partial charge in [-0.2, -0.15) is 4.98 Å². The second-order valence-electron chi connectivity index (χ2n) is 8.65. The van der Waals surface area contributed by atoms with Gasteiger partial charge in [-0.25, -0.2) is 0 Å². The highest BCUT2D eigenvalue weighted by molar-refractivity contribution is 8.03. The molecule has 1 unspecified atom stereocenters. The van der Waals surface area contributed by atoms with Gasteiger partial charge in [0.1, 0.15) is 5.76 Å². The number of nitrogens with two attached hydrogens (primary N) is 1. The molecule has 0 spiro atoms. The number of rotatable bonds is 5. The van der Waals surface area contributed by atoms with Crippen LogP contribution in [0.5, 0.6) is 0 Å². The molecule has 2 heterocycles. The van der Waals surface area contributed by atoms with Gasteiger partial charge in [-0.1, -0.05) is 101 Å². The highest BCUT2D eigenvalue weighted by Crippen LogP contribution is 2.51. The molecule has 7 heteroatoms. The van der Waals surface area contributed by atoms with Crippen LogP contribution in [0, 0.1) is 0 Å². The molecular formula is C30H22ClN3O2S. The second-order valence-corrected chi connectivity index (χ2v) is 10.2. The molecule has 1 aliphatic rings. The lowest BCUT2D eigenvalue weighted by molar-refractivity contribution is 0.289. The molecule has 0 bridgehead atoms. The smallest absolute Gasteiger partial charge is 0.260 e. The number of aromatic nitrogens is 2. The van der Waals surface area contributed by atoms with Crippen LogP contribution in [-0.2, 0) is 4.74 Å². The Morgan fingerprint density at radius 3 is 2.41 bits per heavy atom. The van der Waals surface area contributed by atoms with Gasteiger partial charge in [0.25, 0.3) is 5.89 Å². The van der Waals surface area contributed by atoms with E-state index in [0.29, 0.717) is 22.3 Å². The number of nitrogens with zero attached hydrogens (tertiary/aromatic N) is 2. The second kappa shape index (κ2) is 9.81. The van der Waals surface area contributed by atoms with Gasteiger partial charge in [0.15, 0.2) is 5.88 Å². The lowest BCUT2D eigenvalue weighted by Gasteiger charge is -2.30. The Balaban J connectivity index is 1.53. The molecule has 0 aliphatic carbocycles. The first-order chi connectivity index (χ1) is 18.1. The average Bonchev–Trinajstić information content (AvgIpc) is 3.41. The molecule has 5 nitrogen and oxygen atoms in total. The topological polar surface area (TPSA) is 74.2 Å². The predicted octanol–water partition coefficient (Wildman–Crippen LogP) is 8.01. The van der Waals surface area contributed by atoms with Gasteiger partial charge < -0.3 is 15.0 Å². The normalized spacial score (nSPS) is 15.8. The van der Waals surface area contributed by atoms with Crippen molar-refractivity contribution in [2.24, 2.45) is 5.73 Å². The van der Waals surface area contributed by atoms with Gasteiger partial charge in [-0.3, -0.25) is 0 Å². The van der Waals surface area contributed by atoms with Crippen LogP contribution in [0.1, 0.15) is 24.3 Å². The molecule has 0 saturated heterocycles. The highest BCUT2D eigenvalue weighted by atomic mass is 35.5. The number of allylic oxidation sites excluding steroid dienone is 3. The standard InChI is InChI=1S/C30H22ClN3O2S/c1-18-27(37-22-16-14-21(31)15-17-22)25(24-13-7-11-19-8-5-6-12-23(19)24)26(28(32)35-18)30-33-29(34-36-30)20-9-3-2-4-10-20/h2-17,25H,32H2,1H3. The van der Waals surface area contributed by atoms with Crippen molar-refractivity contribution < 1.29 is 9.26 Å². The van der Waals surface area contributed by atoms with Crippen molar-refractivity contribution in [3.05, 3.63) is 130 Å². The number of fused-ring (bicyclic) bond motifs is 1. The van der Waals surface area contributed by atoms with Crippen molar-refractivity contribution in [2.45, 2.75) is 17.7 Å². The number of thioether (sulfide) groups is 1. The summed E-state index contributed by atoms with van der Waals surface area (Å²) in [5.74, 6) is 1.51. The summed E-state index contributed by atoms with van der Waals surface area (Å²) in [5, 5.41) is 7.19. The summed E-state index contributed by atoms with van der Waals surface area (Å²) < 4.78 is 11.9. The maximum atomic E-state index is 6.57. The van der Waals surface area contributed by atoms with Crippen molar-refractivity contribution in [3.63, 3.8) is 0 Å². The quantitative estimate of drug-likeness (QED) is 0.251. The molecule has 0 saturated carbocycles. The third kappa shape index (κ3) is 4.50. The SMILES string of the molecule is CC1=C(Sc2ccc(Cl)cc2)C(c2cccc3ccccc23)C(c2nc(-c3ccccc3)no2)=C(N)O1. The maximum Gasteiger partial charge on any atom is 0.260 e. The van der Waals surface area contributed by atoms with Gasteiger partial charge in [-0.15, -0.1) is 0 Å². The fourth-order valence-electron chi connectivity index (χ4n) is 4.57. The summed E-state index contributed by atoms with van der Waals surface area (Å²) in [6.07, 6.45) is 0. The Morgan fingerprint density at radius 2 is 1.59 bits per heavy atom. The van der Waals surface area contributed by atoms with Crippen LogP contribution >= 0.6 is 23.4 Å². The molecule has 0 amide bonds. The summed E-state index contributed by atoms with van der Waals surface area (Å²) in [6, 6.07) is 32.1. The summed E-state index contributed by atoms with van der Waals surface area (Å²) in [5.41, 5.74) is 9.15. The highest BCUT2D eigenvalue weighted by Gasteiger charge is 2.36. The minimum Gasteiger partial charge on any atom is -0.445 e. The minimum atomic E-state index is -0.287. The first-order valence-electron chi connectivity index (χ1n) is 11.8. The molecule has 0 radical (unpaired) electrons. The van der Waals surface area contributed by atoms with E-state index in [-0.39, 0.29) is 11.8 Å². The molecule has 1 aliphatic heterocycles. The lowest BCUT2D eigenvalue weighted by atomic mass is 9.85. The molecule has 0 fully saturated rings. The summed E-state index contributed by atoms with van der Waals surface area (Å²) >= 11 is 7.76. The molecular weight excluding hydrogens is 502 g/mol. The average molecular weight is 524 g/mol. The number of halogens is 1. The van der Waals surface area contributed by atoms with Crippen LogP contribution in [-0.4, -0.2) is 10.1 Å². The number of ether oxygens (including phenoxy) is 1. The molecule has 37 heavy (non-hydrogen) atoms. The molecule has 1 aromatic heterocycles. The third-order valence-corrected chi connectivity index (χ3v) is 7.79. The first-order valence-corrected chi connectivity index (χ1v) is 13.0. The van der Waals surface area contributed by atoms with E-state index in [1.54, 1.807) is 11.8 Å². The Morgan fingerprint density at radius 1 is 0.865 bits per heavy atom. The Labute approximate surface area is 223 Å². The maximum absolute atomic E-state index is 6.57. The van der Waals surface area contributed by atoms with Gasteiger partial charge in [0.2, 0.25) is 5.82 Å².